The van der Waals surface area contributed by atoms with Gasteiger partial charge in [0.25, 0.3) is 0 Å². The first kappa shape index (κ1) is 14.5. The molecule has 1 heterocycles. The zero-order valence-corrected chi connectivity index (χ0v) is 12.7. The van der Waals surface area contributed by atoms with E-state index in [1.807, 2.05) is 13.2 Å². The van der Waals surface area contributed by atoms with Crippen molar-refractivity contribution < 1.29 is 0 Å². The van der Waals surface area contributed by atoms with Crippen molar-refractivity contribution in [2.45, 2.75) is 26.3 Å². The fraction of sp³-hybridized carbons (Fsp3) is 0.353. The van der Waals surface area contributed by atoms with Crippen LogP contribution < -0.4 is 10.2 Å². The molecule has 0 saturated carbocycles. The maximum atomic E-state index is 4.53. The van der Waals surface area contributed by atoms with Gasteiger partial charge in [-0.25, -0.2) is 0 Å². The van der Waals surface area contributed by atoms with Crippen LogP contribution in [0.5, 0.6) is 0 Å². The van der Waals surface area contributed by atoms with Gasteiger partial charge >= 0.3 is 0 Å². The van der Waals surface area contributed by atoms with Gasteiger partial charge in [0.15, 0.2) is 0 Å². The summed E-state index contributed by atoms with van der Waals surface area (Å²) in [4.78, 5) is 6.68. The van der Waals surface area contributed by atoms with Crippen LogP contribution in [0.4, 0.5) is 11.4 Å². The molecule has 0 aliphatic rings. The third-order valence-electron chi connectivity index (χ3n) is 3.77. The summed E-state index contributed by atoms with van der Waals surface area (Å²) in [6.07, 6.45) is 3.00. The zero-order valence-electron chi connectivity index (χ0n) is 12.7. The fourth-order valence-corrected chi connectivity index (χ4v) is 2.10. The predicted molar refractivity (Wildman–Crippen MR) is 85.6 cm³/mol. The van der Waals surface area contributed by atoms with Crippen LogP contribution in [0.3, 0.4) is 0 Å². The highest BCUT2D eigenvalue weighted by molar-refractivity contribution is 5.61. The van der Waals surface area contributed by atoms with Gasteiger partial charge in [0.05, 0.1) is 17.6 Å². The van der Waals surface area contributed by atoms with E-state index in [0.717, 1.165) is 17.8 Å². The third kappa shape index (κ3) is 3.17. The van der Waals surface area contributed by atoms with Crippen LogP contribution in [-0.4, -0.2) is 19.1 Å². The summed E-state index contributed by atoms with van der Waals surface area (Å²) in [6.45, 7) is 4.28. The molecule has 0 saturated heterocycles. The summed E-state index contributed by atoms with van der Waals surface area (Å²) in [5.41, 5.74) is 4.70. The van der Waals surface area contributed by atoms with Crippen LogP contribution in [0.25, 0.3) is 0 Å². The number of hydrogen-bond acceptors (Lipinski definition) is 3. The molecule has 3 heteroatoms. The van der Waals surface area contributed by atoms with E-state index in [4.69, 9.17) is 0 Å². The van der Waals surface area contributed by atoms with Gasteiger partial charge < -0.3 is 10.2 Å². The van der Waals surface area contributed by atoms with E-state index in [9.17, 15) is 0 Å². The van der Waals surface area contributed by atoms with Crippen molar-refractivity contribution in [2.24, 2.45) is 0 Å². The van der Waals surface area contributed by atoms with Crippen LogP contribution in [0.1, 0.15) is 31.1 Å². The Bertz CT molecular complexity index is 531. The fourth-order valence-electron chi connectivity index (χ4n) is 2.10. The molecule has 2 rings (SSSR count). The number of aryl methyl sites for hydroxylation is 1. The summed E-state index contributed by atoms with van der Waals surface area (Å²) in [7, 11) is 4.01. The smallest absolute Gasteiger partial charge is 0.0594 e. The lowest BCUT2D eigenvalue weighted by Crippen LogP contribution is -2.15. The van der Waals surface area contributed by atoms with E-state index in [1.54, 1.807) is 0 Å². The van der Waals surface area contributed by atoms with E-state index in [0.29, 0.717) is 0 Å². The summed E-state index contributed by atoms with van der Waals surface area (Å²) in [6, 6.07) is 13.1. The first-order chi connectivity index (χ1) is 9.65. The highest BCUT2D eigenvalue weighted by Gasteiger charge is 2.07. The van der Waals surface area contributed by atoms with Crippen LogP contribution in [0.15, 0.2) is 42.6 Å². The Labute approximate surface area is 121 Å². The number of pyridine rings is 1. The van der Waals surface area contributed by atoms with E-state index < -0.39 is 0 Å². The first-order valence-electron chi connectivity index (χ1n) is 7.11. The zero-order chi connectivity index (χ0) is 14.5. The SMILES string of the molecule is CCc1ccc(N(C)c2ccc(C(C)NC)nc2)cc1. The number of aromatic nitrogens is 1. The minimum Gasteiger partial charge on any atom is -0.343 e. The molecule has 1 unspecified atom stereocenters. The number of nitrogens with one attached hydrogen (secondary N) is 1. The monoisotopic (exact) mass is 269 g/mol. The van der Waals surface area contributed by atoms with Crippen molar-refractivity contribution in [1.29, 1.82) is 0 Å². The largest absolute Gasteiger partial charge is 0.343 e. The Morgan fingerprint density at radius 1 is 1.10 bits per heavy atom. The Kier molecular flexibility index (Phi) is 4.74. The van der Waals surface area contributed by atoms with Gasteiger partial charge in [-0.1, -0.05) is 19.1 Å². The van der Waals surface area contributed by atoms with Crippen molar-refractivity contribution in [3.05, 3.63) is 53.9 Å². The third-order valence-corrected chi connectivity index (χ3v) is 3.77. The molecule has 0 aliphatic carbocycles. The normalized spacial score (nSPS) is 12.2. The molecule has 0 spiro atoms. The predicted octanol–water partition coefficient (Wildman–Crippen LogP) is 3.69. The Hall–Kier alpha value is -1.87. The highest BCUT2D eigenvalue weighted by atomic mass is 15.1. The van der Waals surface area contributed by atoms with E-state index in [1.165, 1.54) is 11.3 Å². The molecule has 0 aliphatic heterocycles. The van der Waals surface area contributed by atoms with Crippen LogP contribution >= 0.6 is 0 Å². The molecule has 1 aromatic carbocycles. The minimum absolute atomic E-state index is 0.276. The highest BCUT2D eigenvalue weighted by Crippen LogP contribution is 2.24. The molecule has 1 atom stereocenters. The summed E-state index contributed by atoms with van der Waals surface area (Å²) in [5, 5.41) is 3.20. The Balaban J connectivity index is 2.17. The van der Waals surface area contributed by atoms with Crippen LogP contribution in [-0.2, 0) is 6.42 Å². The van der Waals surface area contributed by atoms with E-state index in [2.05, 4.69) is 72.5 Å². The van der Waals surface area contributed by atoms with Gasteiger partial charge in [0.2, 0.25) is 0 Å². The topological polar surface area (TPSA) is 28.2 Å². The van der Waals surface area contributed by atoms with E-state index in [-0.39, 0.29) is 6.04 Å². The van der Waals surface area contributed by atoms with Gasteiger partial charge in [-0.3, -0.25) is 4.98 Å². The molecule has 106 valence electrons. The van der Waals surface area contributed by atoms with Gasteiger partial charge in [-0.05, 0) is 50.2 Å². The Morgan fingerprint density at radius 2 is 1.75 bits per heavy atom. The van der Waals surface area contributed by atoms with Crippen molar-refractivity contribution in [3.8, 4) is 0 Å². The molecule has 0 amide bonds. The standard InChI is InChI=1S/C17H23N3/c1-5-14-6-8-15(9-7-14)20(4)16-10-11-17(19-12-16)13(2)18-3/h6-13,18H,5H2,1-4H3. The quantitative estimate of drug-likeness (QED) is 0.897. The lowest BCUT2D eigenvalue weighted by molar-refractivity contribution is 0.633. The second kappa shape index (κ2) is 6.53. The second-order valence-corrected chi connectivity index (χ2v) is 5.03. The maximum absolute atomic E-state index is 4.53. The average Bonchev–Trinajstić information content (AvgIpc) is 2.53. The maximum Gasteiger partial charge on any atom is 0.0594 e. The molecule has 20 heavy (non-hydrogen) atoms. The molecule has 0 bridgehead atoms. The molecule has 0 radical (unpaired) electrons. The minimum atomic E-state index is 0.276. The number of anilines is 2. The van der Waals surface area contributed by atoms with Crippen molar-refractivity contribution in [1.82, 2.24) is 10.3 Å². The average molecular weight is 269 g/mol. The van der Waals surface area contributed by atoms with Gasteiger partial charge in [0.1, 0.15) is 0 Å². The Morgan fingerprint density at radius 3 is 2.25 bits per heavy atom. The molecule has 0 fully saturated rings. The molecule has 1 aromatic heterocycles. The van der Waals surface area contributed by atoms with Crippen LogP contribution in [0.2, 0.25) is 0 Å². The van der Waals surface area contributed by atoms with Gasteiger partial charge in [-0.2, -0.15) is 0 Å². The van der Waals surface area contributed by atoms with Crippen LogP contribution in [0, 0.1) is 0 Å². The van der Waals surface area contributed by atoms with Crippen molar-refractivity contribution >= 4 is 11.4 Å². The first-order valence-corrected chi connectivity index (χ1v) is 7.11. The molecule has 1 N–H and O–H groups in total. The lowest BCUT2D eigenvalue weighted by atomic mass is 10.1. The number of rotatable bonds is 5. The summed E-state index contributed by atoms with van der Waals surface area (Å²) in [5.74, 6) is 0. The molecular formula is C17H23N3. The lowest BCUT2D eigenvalue weighted by Gasteiger charge is -2.20. The molecular weight excluding hydrogens is 246 g/mol. The number of nitrogens with zero attached hydrogens (tertiary/aromatic N) is 2. The summed E-state index contributed by atoms with van der Waals surface area (Å²) < 4.78 is 0. The second-order valence-electron chi connectivity index (χ2n) is 5.03. The number of benzene rings is 1. The van der Waals surface area contributed by atoms with Crippen molar-refractivity contribution in [3.63, 3.8) is 0 Å². The molecule has 3 nitrogen and oxygen atoms in total. The molecule has 2 aromatic rings. The number of hydrogen-bond donors (Lipinski definition) is 1. The van der Waals surface area contributed by atoms with Crippen molar-refractivity contribution in [2.75, 3.05) is 19.0 Å². The summed E-state index contributed by atoms with van der Waals surface area (Å²) >= 11 is 0. The van der Waals surface area contributed by atoms with Gasteiger partial charge in [-0.15, -0.1) is 0 Å². The van der Waals surface area contributed by atoms with E-state index >= 15 is 0 Å². The van der Waals surface area contributed by atoms with Gasteiger partial charge in [0, 0.05) is 18.8 Å².